The van der Waals surface area contributed by atoms with Gasteiger partial charge in [0.05, 0.1) is 17.9 Å². The van der Waals surface area contributed by atoms with E-state index in [2.05, 4.69) is 4.98 Å². The summed E-state index contributed by atoms with van der Waals surface area (Å²) in [6, 6.07) is 8.88. The molecule has 0 spiro atoms. The van der Waals surface area contributed by atoms with Gasteiger partial charge in [-0.05, 0) is 50.5 Å². The van der Waals surface area contributed by atoms with Gasteiger partial charge in [0, 0.05) is 37.0 Å². The van der Waals surface area contributed by atoms with Gasteiger partial charge in [-0.25, -0.2) is 9.69 Å². The SMILES string of the molecule is CCCOC(=O)CCCN(C)C(=O)N1C(=O)/C(=C\c2[nH]c(C)cc2C)c2ccccc21. The molecule has 7 nitrogen and oxygen atoms in total. The van der Waals surface area contributed by atoms with Crippen molar-refractivity contribution in [3.63, 3.8) is 0 Å². The highest BCUT2D eigenvalue weighted by molar-refractivity contribution is 6.41. The van der Waals surface area contributed by atoms with Crippen LogP contribution in [0, 0.1) is 13.8 Å². The van der Waals surface area contributed by atoms with E-state index < -0.39 is 6.03 Å². The quantitative estimate of drug-likeness (QED) is 0.532. The molecule has 0 fully saturated rings. The fourth-order valence-electron chi connectivity index (χ4n) is 3.63. The molecule has 1 aromatic heterocycles. The third-order valence-corrected chi connectivity index (χ3v) is 5.21. The smallest absolute Gasteiger partial charge is 0.331 e. The minimum absolute atomic E-state index is 0.235. The monoisotopic (exact) mass is 423 g/mol. The van der Waals surface area contributed by atoms with E-state index in [4.69, 9.17) is 4.74 Å². The molecule has 0 atom stereocenters. The largest absolute Gasteiger partial charge is 0.466 e. The molecule has 0 bridgehead atoms. The maximum absolute atomic E-state index is 13.3. The summed E-state index contributed by atoms with van der Waals surface area (Å²) in [7, 11) is 1.63. The molecule has 0 aliphatic carbocycles. The number of nitrogens with zero attached hydrogens (tertiary/aromatic N) is 2. The molecule has 7 heteroatoms. The Bertz CT molecular complexity index is 1020. The minimum atomic E-state index is -0.415. The number of imide groups is 1. The van der Waals surface area contributed by atoms with Crippen LogP contribution in [0.4, 0.5) is 10.5 Å². The molecule has 0 radical (unpaired) electrons. The topological polar surface area (TPSA) is 82.7 Å². The van der Waals surface area contributed by atoms with Gasteiger partial charge in [-0.3, -0.25) is 9.59 Å². The fraction of sp³-hybridized carbons (Fsp3) is 0.375. The normalized spacial score (nSPS) is 14.1. The van der Waals surface area contributed by atoms with E-state index in [0.29, 0.717) is 30.8 Å². The van der Waals surface area contributed by atoms with Crippen molar-refractivity contribution in [1.29, 1.82) is 0 Å². The van der Waals surface area contributed by atoms with Crippen molar-refractivity contribution in [2.45, 2.75) is 40.0 Å². The molecule has 0 saturated heterocycles. The zero-order chi connectivity index (χ0) is 22.5. The number of aromatic nitrogens is 1. The highest BCUT2D eigenvalue weighted by Crippen LogP contribution is 2.38. The van der Waals surface area contributed by atoms with Gasteiger partial charge < -0.3 is 14.6 Å². The number of anilines is 1. The standard InChI is InChI=1S/C24H29N3O4/c1-5-13-31-22(28)11-8-12-26(4)24(30)27-21-10-7-6-9-18(21)19(23(27)29)15-20-16(2)14-17(3)25-20/h6-7,9-10,14-15,25H,5,8,11-13H2,1-4H3/b19-15-. The summed E-state index contributed by atoms with van der Waals surface area (Å²) in [5.41, 5.74) is 4.66. The van der Waals surface area contributed by atoms with Crippen molar-refractivity contribution in [3.05, 3.63) is 52.8 Å². The summed E-state index contributed by atoms with van der Waals surface area (Å²) in [6.07, 6.45) is 3.29. The summed E-state index contributed by atoms with van der Waals surface area (Å²) in [4.78, 5) is 44.0. The molecule has 0 saturated carbocycles. The maximum Gasteiger partial charge on any atom is 0.331 e. The number of aryl methyl sites for hydroxylation is 2. The van der Waals surface area contributed by atoms with Gasteiger partial charge in [-0.15, -0.1) is 0 Å². The average Bonchev–Trinajstić information content (AvgIpc) is 3.21. The molecule has 3 amide bonds. The van der Waals surface area contributed by atoms with Crippen LogP contribution in [0.25, 0.3) is 11.6 Å². The van der Waals surface area contributed by atoms with Crippen molar-refractivity contribution in [3.8, 4) is 0 Å². The molecule has 3 rings (SSSR count). The van der Waals surface area contributed by atoms with Crippen LogP contribution in [0.5, 0.6) is 0 Å². The number of ether oxygens (including phenoxy) is 1. The minimum Gasteiger partial charge on any atom is -0.466 e. The molecule has 2 aromatic rings. The van der Waals surface area contributed by atoms with Crippen LogP contribution < -0.4 is 4.90 Å². The van der Waals surface area contributed by atoms with Gasteiger partial charge >= 0.3 is 12.0 Å². The number of para-hydroxylation sites is 1. The van der Waals surface area contributed by atoms with Gasteiger partial charge in [0.25, 0.3) is 5.91 Å². The predicted octanol–water partition coefficient (Wildman–Crippen LogP) is 4.30. The number of carbonyl (C=O) groups excluding carboxylic acids is 3. The molecule has 1 aliphatic rings. The van der Waals surface area contributed by atoms with Crippen LogP contribution in [0.1, 0.15) is 48.7 Å². The van der Waals surface area contributed by atoms with E-state index in [0.717, 1.165) is 28.9 Å². The summed E-state index contributed by atoms with van der Waals surface area (Å²) in [5.74, 6) is -0.626. The van der Waals surface area contributed by atoms with Crippen LogP contribution in [0.15, 0.2) is 30.3 Å². The van der Waals surface area contributed by atoms with Crippen LogP contribution in [-0.2, 0) is 14.3 Å². The second-order valence-corrected chi connectivity index (χ2v) is 7.79. The Hall–Kier alpha value is -3.35. The zero-order valence-electron chi connectivity index (χ0n) is 18.5. The Kier molecular flexibility index (Phi) is 6.95. The molecule has 1 aliphatic heterocycles. The van der Waals surface area contributed by atoms with Crippen LogP contribution in [-0.4, -0.2) is 48.0 Å². The van der Waals surface area contributed by atoms with E-state index in [1.165, 1.54) is 9.80 Å². The number of hydrogen-bond acceptors (Lipinski definition) is 4. The Morgan fingerprint density at radius 2 is 1.97 bits per heavy atom. The third-order valence-electron chi connectivity index (χ3n) is 5.21. The number of aromatic amines is 1. The average molecular weight is 424 g/mol. The molecule has 164 valence electrons. The van der Waals surface area contributed by atoms with Crippen molar-refractivity contribution in [2.24, 2.45) is 0 Å². The summed E-state index contributed by atoms with van der Waals surface area (Å²) < 4.78 is 5.06. The molecule has 1 N–H and O–H groups in total. The molecule has 2 heterocycles. The number of benzene rings is 1. The Balaban J connectivity index is 1.77. The predicted molar refractivity (Wildman–Crippen MR) is 121 cm³/mol. The summed E-state index contributed by atoms with van der Waals surface area (Å²) in [6.45, 7) is 6.62. The molecule has 1 aromatic carbocycles. The number of nitrogens with one attached hydrogen (secondary N) is 1. The molecular formula is C24H29N3O4. The van der Waals surface area contributed by atoms with Gasteiger partial charge in [0.15, 0.2) is 0 Å². The lowest BCUT2D eigenvalue weighted by Crippen LogP contribution is -2.43. The van der Waals surface area contributed by atoms with Crippen molar-refractivity contribution < 1.29 is 19.1 Å². The van der Waals surface area contributed by atoms with Gasteiger partial charge in [-0.2, -0.15) is 0 Å². The van der Waals surface area contributed by atoms with Gasteiger partial charge in [0.2, 0.25) is 0 Å². The summed E-state index contributed by atoms with van der Waals surface area (Å²) >= 11 is 0. The van der Waals surface area contributed by atoms with Crippen LogP contribution >= 0.6 is 0 Å². The number of fused-ring (bicyclic) bond motifs is 1. The Morgan fingerprint density at radius 1 is 1.23 bits per heavy atom. The van der Waals surface area contributed by atoms with Crippen LogP contribution in [0.2, 0.25) is 0 Å². The number of rotatable bonds is 7. The lowest BCUT2D eigenvalue weighted by Gasteiger charge is -2.23. The second-order valence-electron chi connectivity index (χ2n) is 7.79. The first-order valence-corrected chi connectivity index (χ1v) is 10.6. The number of urea groups is 1. The van der Waals surface area contributed by atoms with E-state index in [-0.39, 0.29) is 18.3 Å². The maximum atomic E-state index is 13.3. The van der Waals surface area contributed by atoms with Crippen molar-refractivity contribution in [2.75, 3.05) is 25.1 Å². The number of carbonyl (C=O) groups is 3. The Labute approximate surface area is 182 Å². The van der Waals surface area contributed by atoms with Crippen molar-refractivity contribution in [1.82, 2.24) is 9.88 Å². The fourth-order valence-corrected chi connectivity index (χ4v) is 3.63. The Morgan fingerprint density at radius 3 is 2.65 bits per heavy atom. The summed E-state index contributed by atoms with van der Waals surface area (Å²) in [5, 5.41) is 0. The van der Waals surface area contributed by atoms with Gasteiger partial charge in [0.1, 0.15) is 0 Å². The molecule has 31 heavy (non-hydrogen) atoms. The number of esters is 1. The van der Waals surface area contributed by atoms with E-state index >= 15 is 0 Å². The number of H-pyrrole nitrogens is 1. The first kappa shape index (κ1) is 22.3. The van der Waals surface area contributed by atoms with Crippen LogP contribution in [0.3, 0.4) is 0 Å². The second kappa shape index (κ2) is 9.64. The molecule has 0 unspecified atom stereocenters. The number of amides is 3. The first-order chi connectivity index (χ1) is 14.8. The lowest BCUT2D eigenvalue weighted by molar-refractivity contribution is -0.143. The highest BCUT2D eigenvalue weighted by atomic mass is 16.5. The van der Waals surface area contributed by atoms with Crippen molar-refractivity contribution >= 4 is 35.2 Å². The zero-order valence-corrected chi connectivity index (χ0v) is 18.5. The third kappa shape index (κ3) is 4.87. The van der Waals surface area contributed by atoms with E-state index in [9.17, 15) is 14.4 Å². The molecular weight excluding hydrogens is 394 g/mol. The van der Waals surface area contributed by atoms with E-state index in [1.807, 2.05) is 45.0 Å². The lowest BCUT2D eigenvalue weighted by atomic mass is 10.1. The van der Waals surface area contributed by atoms with Gasteiger partial charge in [-0.1, -0.05) is 25.1 Å². The van der Waals surface area contributed by atoms with E-state index in [1.54, 1.807) is 19.2 Å². The number of hydrogen-bond donors (Lipinski definition) is 1. The first-order valence-electron chi connectivity index (χ1n) is 10.6. The highest BCUT2D eigenvalue weighted by Gasteiger charge is 2.37.